The van der Waals surface area contributed by atoms with Gasteiger partial charge in [0, 0.05) is 71.9 Å². The molecule has 3 aliphatic rings. The van der Waals surface area contributed by atoms with Gasteiger partial charge in [-0.25, -0.2) is 0 Å². The Bertz CT molecular complexity index is 1760. The Balaban J connectivity index is 0.000000194. The summed E-state index contributed by atoms with van der Waals surface area (Å²) >= 11 is 5.09. The number of unbranched alkanes of at least 4 members (excludes halogenated alkanes) is 2. The van der Waals surface area contributed by atoms with Crippen molar-refractivity contribution in [1.82, 2.24) is 45.0 Å². The summed E-state index contributed by atoms with van der Waals surface area (Å²) in [6.07, 6.45) is 8.68. The van der Waals surface area contributed by atoms with Crippen molar-refractivity contribution >= 4 is 55.3 Å². The Morgan fingerprint density at radius 3 is 2.13 bits per heavy atom. The molecule has 1 aromatic carbocycles. The molecule has 2 saturated heterocycles. The van der Waals surface area contributed by atoms with Crippen LogP contribution in [0.3, 0.4) is 0 Å². The number of piperazine rings is 2. The molecule has 0 spiro atoms. The summed E-state index contributed by atoms with van der Waals surface area (Å²) < 4.78 is 2.26. The zero-order chi connectivity index (χ0) is 36.3. The summed E-state index contributed by atoms with van der Waals surface area (Å²) in [7, 11) is 4.33. The molecule has 2 fully saturated rings. The van der Waals surface area contributed by atoms with E-state index in [1.54, 1.807) is 34.4 Å². The number of fused-ring (bicyclic) bond motifs is 1. The van der Waals surface area contributed by atoms with Gasteiger partial charge in [0.25, 0.3) is 0 Å². The van der Waals surface area contributed by atoms with Gasteiger partial charge in [-0.15, -0.1) is 42.4 Å². The average molecular weight is 763 g/mol. The van der Waals surface area contributed by atoms with E-state index >= 15 is 0 Å². The Morgan fingerprint density at radius 2 is 1.44 bits per heavy atom. The van der Waals surface area contributed by atoms with Crippen LogP contribution >= 0.6 is 34.4 Å². The van der Waals surface area contributed by atoms with E-state index in [0.29, 0.717) is 0 Å². The molecule has 7 rings (SSSR count). The molecule has 0 radical (unpaired) electrons. The van der Waals surface area contributed by atoms with Crippen molar-refractivity contribution in [2.45, 2.75) is 65.8 Å². The third-order valence-electron chi connectivity index (χ3n) is 9.64. The fourth-order valence-electron chi connectivity index (χ4n) is 6.38. The first-order valence-electron chi connectivity index (χ1n) is 18.9. The number of nitrogens with zero attached hydrogens (tertiary/aromatic N) is 12. The molecule has 0 amide bonds. The molecule has 1 aliphatic carbocycles. The van der Waals surface area contributed by atoms with Crippen molar-refractivity contribution in [2.24, 2.45) is 4.99 Å². The normalized spacial score (nSPS) is 16.9. The van der Waals surface area contributed by atoms with Gasteiger partial charge >= 0.3 is 0 Å². The molecular weight excluding hydrogens is 709 g/mol. The SMILES string of the molecule is CCCCN=C(SCC)c1nnc(N2CCN(C)CC2)s1.CCCCn1c(CC2=CCc3ccccc32)nnc1-c1nnc(N2CCN(C)CC2)s1. The second-order valence-corrected chi connectivity index (χ2v) is 16.7. The van der Waals surface area contributed by atoms with Gasteiger partial charge in [0.05, 0.1) is 0 Å². The number of allylic oxidation sites excluding steroid dienone is 2. The van der Waals surface area contributed by atoms with Crippen molar-refractivity contribution in [3.8, 4) is 10.8 Å². The Morgan fingerprint density at radius 1 is 0.769 bits per heavy atom. The summed E-state index contributed by atoms with van der Waals surface area (Å²) in [4.78, 5) is 14.1. The third kappa shape index (κ3) is 9.84. The molecule has 15 heteroatoms. The number of aliphatic imine (C=N–C) groups is 1. The van der Waals surface area contributed by atoms with Gasteiger partial charge < -0.3 is 24.2 Å². The lowest BCUT2D eigenvalue weighted by Gasteiger charge is -2.31. The number of benzene rings is 1. The van der Waals surface area contributed by atoms with Crippen LogP contribution in [0.15, 0.2) is 35.3 Å². The Labute approximate surface area is 321 Å². The highest BCUT2D eigenvalue weighted by molar-refractivity contribution is 8.14. The quantitative estimate of drug-likeness (QED) is 0.0894. The standard InChI is InChI=1S/C23H29N7S.C14H25N5S2/c1-3-4-11-30-20(16-18-10-9-17-7-5-6-8-19(17)18)24-25-21(30)22-26-27-23(31-22)29-14-12-28(2)13-15-29;1-4-6-7-15-12(20-5-2)13-16-17-14(21-13)19-10-8-18(3)9-11-19/h5-8,10H,3-4,9,11-16H2,1-2H3;4-11H2,1-3H3. The third-order valence-corrected chi connectivity index (χ3v) is 12.6. The largest absolute Gasteiger partial charge is 0.344 e. The lowest BCUT2D eigenvalue weighted by Crippen LogP contribution is -2.44. The highest BCUT2D eigenvalue weighted by atomic mass is 32.2. The van der Waals surface area contributed by atoms with Crippen LogP contribution in [-0.4, -0.2) is 129 Å². The molecule has 280 valence electrons. The Hall–Kier alpha value is -3.24. The monoisotopic (exact) mass is 762 g/mol. The van der Waals surface area contributed by atoms with E-state index in [0.717, 1.165) is 140 Å². The van der Waals surface area contributed by atoms with Gasteiger partial charge in [0.2, 0.25) is 10.3 Å². The second-order valence-electron chi connectivity index (χ2n) is 13.5. The number of anilines is 2. The second kappa shape index (κ2) is 19.2. The minimum atomic E-state index is 0.803. The van der Waals surface area contributed by atoms with Crippen LogP contribution in [-0.2, 0) is 19.4 Å². The van der Waals surface area contributed by atoms with Gasteiger partial charge in [-0.2, -0.15) is 0 Å². The molecule has 52 heavy (non-hydrogen) atoms. The first kappa shape index (κ1) is 38.5. The van der Waals surface area contributed by atoms with Crippen molar-refractivity contribution in [3.05, 3.63) is 52.3 Å². The average Bonchev–Trinajstić information content (AvgIpc) is 3.99. The van der Waals surface area contributed by atoms with Gasteiger partial charge in [-0.05, 0) is 55.8 Å². The predicted molar refractivity (Wildman–Crippen MR) is 219 cm³/mol. The zero-order valence-corrected chi connectivity index (χ0v) is 33.9. The maximum absolute atomic E-state index is 4.70. The van der Waals surface area contributed by atoms with Crippen molar-refractivity contribution in [2.75, 3.05) is 88.6 Å². The molecule has 3 aromatic heterocycles. The van der Waals surface area contributed by atoms with Crippen molar-refractivity contribution < 1.29 is 0 Å². The topological polar surface area (TPSA) is 108 Å². The van der Waals surface area contributed by atoms with Gasteiger partial charge in [0.15, 0.2) is 15.8 Å². The number of aromatic nitrogens is 7. The lowest BCUT2D eigenvalue weighted by atomic mass is 10.0. The smallest absolute Gasteiger partial charge is 0.208 e. The first-order chi connectivity index (χ1) is 25.5. The van der Waals surface area contributed by atoms with Gasteiger partial charge in [-0.1, -0.05) is 86.6 Å². The summed E-state index contributed by atoms with van der Waals surface area (Å²) in [5.74, 6) is 2.89. The number of hydrogen-bond donors (Lipinski definition) is 0. The summed E-state index contributed by atoms with van der Waals surface area (Å²) in [5.41, 5.74) is 4.10. The first-order valence-corrected chi connectivity index (χ1v) is 21.5. The minimum Gasteiger partial charge on any atom is -0.344 e. The minimum absolute atomic E-state index is 0.803. The highest BCUT2D eigenvalue weighted by Gasteiger charge is 2.24. The Kier molecular flexibility index (Phi) is 14.2. The van der Waals surface area contributed by atoms with Crippen molar-refractivity contribution in [3.63, 3.8) is 0 Å². The molecular formula is C37H54N12S3. The fourth-order valence-corrected chi connectivity index (χ4v) is 8.99. The van der Waals surface area contributed by atoms with E-state index in [2.05, 4.69) is 120 Å². The molecule has 12 nitrogen and oxygen atoms in total. The van der Waals surface area contributed by atoms with Crippen molar-refractivity contribution in [1.29, 1.82) is 0 Å². The highest BCUT2D eigenvalue weighted by Crippen LogP contribution is 2.33. The van der Waals surface area contributed by atoms with E-state index < -0.39 is 0 Å². The van der Waals surface area contributed by atoms with Crippen LogP contribution in [0.4, 0.5) is 10.3 Å². The summed E-state index contributed by atoms with van der Waals surface area (Å²) in [6.45, 7) is 16.7. The molecule has 0 bridgehead atoms. The van der Waals surface area contributed by atoms with Crippen LogP contribution in [0.1, 0.15) is 68.4 Å². The molecule has 5 heterocycles. The van der Waals surface area contributed by atoms with Crippen LogP contribution in [0, 0.1) is 0 Å². The van der Waals surface area contributed by atoms with Gasteiger partial charge in [-0.3, -0.25) is 4.99 Å². The lowest BCUT2D eigenvalue weighted by molar-refractivity contribution is 0.312. The fraction of sp³-hybridized carbons (Fsp3) is 0.595. The number of likely N-dealkylation sites (N-methyl/N-ethyl adjacent to an activating group) is 2. The van der Waals surface area contributed by atoms with E-state index in [4.69, 9.17) is 4.99 Å². The molecule has 2 aliphatic heterocycles. The number of hydrogen-bond acceptors (Lipinski definition) is 14. The maximum Gasteiger partial charge on any atom is 0.208 e. The van der Waals surface area contributed by atoms with Gasteiger partial charge in [0.1, 0.15) is 10.9 Å². The molecule has 0 atom stereocenters. The van der Waals surface area contributed by atoms with Crippen LogP contribution in [0.5, 0.6) is 0 Å². The molecule has 4 aromatic rings. The van der Waals surface area contributed by atoms with Crippen LogP contribution in [0.25, 0.3) is 16.4 Å². The van der Waals surface area contributed by atoms with E-state index in [-0.39, 0.29) is 0 Å². The maximum atomic E-state index is 4.70. The molecule has 0 saturated carbocycles. The number of rotatable bonds is 13. The van der Waals surface area contributed by atoms with E-state index in [9.17, 15) is 0 Å². The van der Waals surface area contributed by atoms with Crippen LogP contribution < -0.4 is 9.80 Å². The molecule has 0 unspecified atom stereocenters. The van der Waals surface area contributed by atoms with E-state index in [1.807, 2.05) is 0 Å². The molecule has 0 N–H and O–H groups in total. The van der Waals surface area contributed by atoms with Crippen LogP contribution in [0.2, 0.25) is 0 Å². The summed E-state index contributed by atoms with van der Waals surface area (Å²) in [6, 6.07) is 8.67. The van der Waals surface area contributed by atoms with E-state index in [1.165, 1.54) is 23.1 Å². The summed E-state index contributed by atoms with van der Waals surface area (Å²) in [5, 5.41) is 31.9. The zero-order valence-electron chi connectivity index (χ0n) is 31.5. The number of thioether (sulfide) groups is 1. The predicted octanol–water partition coefficient (Wildman–Crippen LogP) is 6.12.